The Morgan fingerprint density at radius 2 is 2.28 bits per heavy atom. The van der Waals surface area contributed by atoms with Crippen LogP contribution in [0.15, 0.2) is 24.3 Å². The number of carbonyl (C=O) groups excluding carboxylic acids is 1. The lowest BCUT2D eigenvalue weighted by atomic mass is 10.3. The Morgan fingerprint density at radius 1 is 1.56 bits per heavy atom. The molecule has 2 aromatic rings. The molecular weight excluding hydrogens is 257 g/mol. The maximum atomic E-state index is 12.4. The molecule has 0 aliphatic heterocycles. The molecule has 0 radical (unpaired) electrons. The summed E-state index contributed by atoms with van der Waals surface area (Å²) in [5.41, 5.74) is 0.128. The molecule has 2 rings (SSSR count). The van der Waals surface area contributed by atoms with Gasteiger partial charge in [0.2, 0.25) is 0 Å². The predicted molar refractivity (Wildman–Crippen MR) is 66.9 cm³/mol. The highest BCUT2D eigenvalue weighted by Crippen LogP contribution is 2.08. The van der Waals surface area contributed by atoms with E-state index < -0.39 is 11.5 Å². The third kappa shape index (κ3) is 2.61. The fourth-order valence-corrected chi connectivity index (χ4v) is 1.95. The summed E-state index contributed by atoms with van der Waals surface area (Å²) in [6.07, 6.45) is 0.584. The Hall–Kier alpha value is -1.62. The molecule has 6 heteroatoms. The van der Waals surface area contributed by atoms with Crippen LogP contribution in [0.4, 0.5) is 4.39 Å². The van der Waals surface area contributed by atoms with Gasteiger partial charge < -0.3 is 5.32 Å². The van der Waals surface area contributed by atoms with Crippen molar-refractivity contribution in [2.75, 3.05) is 6.54 Å². The highest BCUT2D eigenvalue weighted by Gasteiger charge is 2.16. The van der Waals surface area contributed by atoms with E-state index >= 15 is 0 Å². The fraction of sp³-hybridized carbons (Fsp3) is 0.333. The minimum atomic E-state index is -1.98. The smallest absolute Gasteiger partial charge is 0.270 e. The molecule has 1 amide bonds. The lowest BCUT2D eigenvalue weighted by Crippen LogP contribution is -2.36. The number of H-pyrrole nitrogens is 1. The van der Waals surface area contributed by atoms with Crippen molar-refractivity contribution in [2.45, 2.75) is 12.1 Å². The van der Waals surface area contributed by atoms with E-state index in [9.17, 15) is 9.18 Å². The van der Waals surface area contributed by atoms with E-state index in [1.54, 1.807) is 0 Å². The first-order valence-electron chi connectivity index (χ1n) is 5.61. The summed E-state index contributed by atoms with van der Waals surface area (Å²) in [6.45, 7) is 0.340. The van der Waals surface area contributed by atoms with Crippen LogP contribution in [0.3, 0.4) is 0 Å². The number of imidazole rings is 1. The summed E-state index contributed by atoms with van der Waals surface area (Å²) in [5.74, 6) is 0.164. The maximum absolute atomic E-state index is 12.4. The van der Waals surface area contributed by atoms with Crippen molar-refractivity contribution in [2.24, 2.45) is 7.05 Å². The molecule has 0 spiro atoms. The molecule has 18 heavy (non-hydrogen) atoms. The zero-order valence-electron chi connectivity index (χ0n) is 9.91. The van der Waals surface area contributed by atoms with Crippen molar-refractivity contribution in [3.05, 3.63) is 30.1 Å². The highest BCUT2D eigenvalue weighted by atomic mass is 35.5. The molecule has 1 atom stereocenters. The number of para-hydroxylation sites is 2. The fourth-order valence-electron chi connectivity index (χ4n) is 1.87. The van der Waals surface area contributed by atoms with E-state index in [1.165, 1.54) is 0 Å². The Bertz CT molecular complexity index is 567. The van der Waals surface area contributed by atoms with Gasteiger partial charge in [-0.05, 0) is 12.1 Å². The third-order valence-corrected chi connectivity index (χ3v) is 3.01. The third-order valence-electron chi connectivity index (χ3n) is 2.81. The number of amides is 1. The Balaban J connectivity index is 2.04. The number of aromatic nitrogens is 2. The number of benzene rings is 1. The van der Waals surface area contributed by atoms with Crippen LogP contribution < -0.4 is 9.88 Å². The summed E-state index contributed by atoms with van der Waals surface area (Å²) < 4.78 is 14.4. The van der Waals surface area contributed by atoms with Crippen molar-refractivity contribution in [1.29, 1.82) is 0 Å². The van der Waals surface area contributed by atoms with Crippen molar-refractivity contribution in [1.82, 2.24) is 10.3 Å². The summed E-state index contributed by atoms with van der Waals surface area (Å²) in [5, 5.41) is 2.42. The normalized spacial score (nSPS) is 12.6. The highest BCUT2D eigenvalue weighted by molar-refractivity contribution is 6.29. The van der Waals surface area contributed by atoms with Gasteiger partial charge >= 0.3 is 0 Å². The zero-order chi connectivity index (χ0) is 13.1. The molecule has 0 fully saturated rings. The Morgan fingerprint density at radius 3 is 2.94 bits per heavy atom. The minimum Gasteiger partial charge on any atom is -0.352 e. The van der Waals surface area contributed by atoms with Crippen molar-refractivity contribution in [3.8, 4) is 0 Å². The number of aromatic amines is 1. The molecule has 2 N–H and O–H groups in total. The standard InChI is InChI=1S/C12H13ClFN3O/c1-17-9-5-3-2-4-8(9)16-10(17)6-7-15-12(18)11(13)14/h2-5,11H,6-7H2,1H3,(H,15,18)/p+1. The van der Waals surface area contributed by atoms with Gasteiger partial charge in [0.25, 0.3) is 17.4 Å². The number of hydrogen-bond acceptors (Lipinski definition) is 1. The van der Waals surface area contributed by atoms with Gasteiger partial charge in [-0.2, -0.15) is 0 Å². The number of halogens is 2. The SMILES string of the molecule is C[n+]1c(CCNC(=O)C(F)Cl)[nH]c2ccccc21. The van der Waals surface area contributed by atoms with Gasteiger partial charge in [-0.3, -0.25) is 4.79 Å². The molecule has 96 valence electrons. The van der Waals surface area contributed by atoms with Crippen LogP contribution in [0, 0.1) is 0 Å². The molecule has 4 nitrogen and oxygen atoms in total. The van der Waals surface area contributed by atoms with Crippen molar-refractivity contribution < 1.29 is 13.8 Å². The summed E-state index contributed by atoms with van der Waals surface area (Å²) in [4.78, 5) is 14.2. The van der Waals surface area contributed by atoms with E-state index in [0.717, 1.165) is 16.9 Å². The van der Waals surface area contributed by atoms with Gasteiger partial charge in [0.1, 0.15) is 0 Å². The molecule has 1 heterocycles. The van der Waals surface area contributed by atoms with E-state index in [1.807, 2.05) is 35.9 Å². The van der Waals surface area contributed by atoms with Crippen LogP contribution in [-0.2, 0) is 18.3 Å². The average molecular weight is 271 g/mol. The van der Waals surface area contributed by atoms with Crippen molar-refractivity contribution in [3.63, 3.8) is 0 Å². The van der Waals surface area contributed by atoms with Gasteiger partial charge in [0.05, 0.1) is 13.5 Å². The van der Waals surface area contributed by atoms with Crippen LogP contribution >= 0.6 is 11.6 Å². The predicted octanol–water partition coefficient (Wildman–Crippen LogP) is 1.19. The molecule has 0 saturated carbocycles. The van der Waals surface area contributed by atoms with E-state index in [0.29, 0.717) is 13.0 Å². The molecule has 0 bridgehead atoms. The lowest BCUT2D eigenvalue weighted by Gasteiger charge is -2.02. The number of rotatable bonds is 4. The van der Waals surface area contributed by atoms with Gasteiger partial charge in [0, 0.05) is 6.54 Å². The Kier molecular flexibility index (Phi) is 3.81. The first-order chi connectivity index (χ1) is 8.59. The lowest BCUT2D eigenvalue weighted by molar-refractivity contribution is -0.652. The summed E-state index contributed by atoms with van der Waals surface area (Å²) in [7, 11) is 1.94. The van der Waals surface area contributed by atoms with E-state index in [4.69, 9.17) is 11.6 Å². The number of alkyl halides is 2. The van der Waals surface area contributed by atoms with E-state index in [-0.39, 0.29) is 0 Å². The van der Waals surface area contributed by atoms with Crippen LogP contribution in [0.1, 0.15) is 5.82 Å². The number of carbonyl (C=O) groups is 1. The maximum Gasteiger partial charge on any atom is 0.270 e. The number of hydrogen-bond donors (Lipinski definition) is 2. The first-order valence-corrected chi connectivity index (χ1v) is 6.04. The molecule has 0 aliphatic carbocycles. The van der Waals surface area contributed by atoms with Gasteiger partial charge in [-0.15, -0.1) is 0 Å². The van der Waals surface area contributed by atoms with Crippen LogP contribution in [0.5, 0.6) is 0 Å². The minimum absolute atomic E-state index is 0.340. The molecule has 1 unspecified atom stereocenters. The molecule has 1 aromatic heterocycles. The number of fused-ring (bicyclic) bond motifs is 1. The van der Waals surface area contributed by atoms with Crippen LogP contribution in [0.2, 0.25) is 0 Å². The number of aryl methyl sites for hydroxylation is 1. The first kappa shape index (κ1) is 12.8. The van der Waals surface area contributed by atoms with Gasteiger partial charge in [-0.25, -0.2) is 13.9 Å². The topological polar surface area (TPSA) is 48.8 Å². The largest absolute Gasteiger partial charge is 0.352 e. The van der Waals surface area contributed by atoms with E-state index in [2.05, 4.69) is 10.3 Å². The molecule has 0 saturated heterocycles. The average Bonchev–Trinajstić information content (AvgIpc) is 2.67. The monoisotopic (exact) mass is 270 g/mol. The second kappa shape index (κ2) is 5.35. The quantitative estimate of drug-likeness (QED) is 0.636. The van der Waals surface area contributed by atoms with Gasteiger partial charge in [0.15, 0.2) is 11.0 Å². The zero-order valence-corrected chi connectivity index (χ0v) is 10.7. The second-order valence-corrected chi connectivity index (χ2v) is 4.37. The molecular formula is C12H14ClFN3O+. The van der Waals surface area contributed by atoms with Crippen LogP contribution in [-0.4, -0.2) is 23.1 Å². The van der Waals surface area contributed by atoms with Crippen molar-refractivity contribution >= 4 is 28.5 Å². The van der Waals surface area contributed by atoms with Crippen LogP contribution in [0.25, 0.3) is 11.0 Å². The second-order valence-electron chi connectivity index (χ2n) is 3.99. The summed E-state index contributed by atoms with van der Waals surface area (Å²) >= 11 is 5.01. The molecule has 1 aromatic carbocycles. The number of nitrogens with zero attached hydrogens (tertiary/aromatic N) is 1. The Labute approximate surface area is 109 Å². The number of nitrogens with one attached hydrogen (secondary N) is 2. The summed E-state index contributed by atoms with van der Waals surface area (Å²) in [6, 6.07) is 7.90. The van der Waals surface area contributed by atoms with Gasteiger partial charge in [-0.1, -0.05) is 23.7 Å². The molecule has 0 aliphatic rings.